The molecule has 2 aromatic carbocycles. The van der Waals surface area contributed by atoms with Crippen LogP contribution in [-0.4, -0.2) is 40.9 Å². The molecule has 0 aliphatic carbocycles. The lowest BCUT2D eigenvalue weighted by Crippen LogP contribution is -2.38. The highest BCUT2D eigenvalue weighted by Crippen LogP contribution is 2.35. The molecule has 2 N–H and O–H groups in total. The summed E-state index contributed by atoms with van der Waals surface area (Å²) in [5.41, 5.74) is 0.0671. The number of hydrogen-bond donors (Lipinski definition) is 2. The Bertz CT molecular complexity index is 609. The number of likely N-dealkylation sites (N-methyl/N-ethyl adjacent to an activating group) is 1. The van der Waals surface area contributed by atoms with Gasteiger partial charge in [0.1, 0.15) is 5.60 Å². The third-order valence-corrected chi connectivity index (χ3v) is 5.04. The quantitative estimate of drug-likeness (QED) is 0.715. The molecule has 0 amide bonds. The van der Waals surface area contributed by atoms with Gasteiger partial charge in [-0.2, -0.15) is 0 Å². The first-order valence-corrected chi connectivity index (χ1v) is 9.29. The molecule has 2 rings (SSSR count). The maximum atomic E-state index is 11.5. The molecule has 0 heterocycles. The van der Waals surface area contributed by atoms with Crippen molar-refractivity contribution in [3.63, 3.8) is 0 Å². The van der Waals surface area contributed by atoms with E-state index in [1.165, 1.54) is 0 Å². The van der Waals surface area contributed by atoms with E-state index in [4.69, 9.17) is 23.2 Å². The van der Waals surface area contributed by atoms with Gasteiger partial charge < -0.3 is 15.1 Å². The van der Waals surface area contributed by atoms with E-state index in [1.54, 1.807) is 48.5 Å². The van der Waals surface area contributed by atoms with Crippen molar-refractivity contribution in [3.8, 4) is 0 Å². The fourth-order valence-electron chi connectivity index (χ4n) is 3.04. The molecule has 0 bridgehead atoms. The SMILES string of the molecule is CCN(CC)CC(O)CC(O)(c1ccc(Cl)cc1)c1ccc(Cl)cc1. The number of hydrogen-bond acceptors (Lipinski definition) is 3. The summed E-state index contributed by atoms with van der Waals surface area (Å²) in [7, 11) is 0. The summed E-state index contributed by atoms with van der Waals surface area (Å²) in [4.78, 5) is 2.13. The Morgan fingerprint density at radius 2 is 1.28 bits per heavy atom. The van der Waals surface area contributed by atoms with Crippen LogP contribution in [0.4, 0.5) is 0 Å². The van der Waals surface area contributed by atoms with Gasteiger partial charge in [0.15, 0.2) is 0 Å². The third kappa shape index (κ3) is 5.19. The van der Waals surface area contributed by atoms with E-state index >= 15 is 0 Å². The van der Waals surface area contributed by atoms with Gasteiger partial charge in [0.25, 0.3) is 0 Å². The second-order valence-corrected chi connectivity index (χ2v) is 7.09. The molecule has 0 aliphatic rings. The van der Waals surface area contributed by atoms with Crippen molar-refractivity contribution in [1.29, 1.82) is 0 Å². The molecule has 0 fully saturated rings. The van der Waals surface area contributed by atoms with E-state index in [2.05, 4.69) is 18.7 Å². The molecule has 0 aromatic heterocycles. The summed E-state index contributed by atoms with van der Waals surface area (Å²) in [5.74, 6) is 0. The zero-order valence-electron chi connectivity index (χ0n) is 14.6. The predicted octanol–water partition coefficient (Wildman–Crippen LogP) is 4.32. The van der Waals surface area contributed by atoms with Gasteiger partial charge in [-0.3, -0.25) is 0 Å². The van der Waals surface area contributed by atoms with Crippen molar-refractivity contribution >= 4 is 23.2 Å². The molecule has 25 heavy (non-hydrogen) atoms. The molecule has 3 nitrogen and oxygen atoms in total. The van der Waals surface area contributed by atoms with Gasteiger partial charge in [-0.25, -0.2) is 0 Å². The molecule has 0 aliphatic heterocycles. The van der Waals surface area contributed by atoms with E-state index in [9.17, 15) is 10.2 Å². The molecule has 0 saturated carbocycles. The fraction of sp³-hybridized carbons (Fsp3) is 0.400. The van der Waals surface area contributed by atoms with Gasteiger partial charge in [-0.05, 0) is 48.5 Å². The van der Waals surface area contributed by atoms with Crippen molar-refractivity contribution in [2.45, 2.75) is 32.0 Å². The van der Waals surface area contributed by atoms with Crippen LogP contribution in [0.2, 0.25) is 10.0 Å². The molecular weight excluding hydrogens is 357 g/mol. The Balaban J connectivity index is 2.35. The van der Waals surface area contributed by atoms with E-state index in [0.29, 0.717) is 27.7 Å². The first-order chi connectivity index (χ1) is 11.9. The lowest BCUT2D eigenvalue weighted by molar-refractivity contribution is 0.00535. The largest absolute Gasteiger partial charge is 0.392 e. The van der Waals surface area contributed by atoms with Crippen LogP contribution in [0.5, 0.6) is 0 Å². The second-order valence-electron chi connectivity index (χ2n) is 6.22. The van der Waals surface area contributed by atoms with E-state index in [1.807, 2.05) is 0 Å². The summed E-state index contributed by atoms with van der Waals surface area (Å²) in [6.07, 6.45) is -0.483. The average Bonchev–Trinajstić information content (AvgIpc) is 2.60. The molecule has 136 valence electrons. The van der Waals surface area contributed by atoms with Gasteiger partial charge in [0.05, 0.1) is 6.10 Å². The summed E-state index contributed by atoms with van der Waals surface area (Å²) < 4.78 is 0. The standard InChI is InChI=1S/C20H25Cl2NO2/c1-3-23(4-2)14-19(24)13-20(25,15-5-9-17(21)10-6-15)16-7-11-18(22)12-8-16/h5-12,19,24-25H,3-4,13-14H2,1-2H3. The van der Waals surface area contributed by atoms with Crippen LogP contribution in [0, 0.1) is 0 Å². The molecule has 0 saturated heterocycles. The highest BCUT2D eigenvalue weighted by molar-refractivity contribution is 6.30. The van der Waals surface area contributed by atoms with E-state index in [-0.39, 0.29) is 6.42 Å². The smallest absolute Gasteiger partial charge is 0.117 e. The van der Waals surface area contributed by atoms with Crippen LogP contribution >= 0.6 is 23.2 Å². The van der Waals surface area contributed by atoms with Crippen LogP contribution in [0.25, 0.3) is 0 Å². The normalized spacial score (nSPS) is 13.2. The van der Waals surface area contributed by atoms with Crippen LogP contribution in [0.1, 0.15) is 31.4 Å². The van der Waals surface area contributed by atoms with Crippen molar-refractivity contribution in [3.05, 3.63) is 69.7 Å². The number of rotatable bonds is 8. The molecule has 1 unspecified atom stereocenters. The first-order valence-electron chi connectivity index (χ1n) is 8.54. The molecular formula is C20H25Cl2NO2. The summed E-state index contributed by atoms with van der Waals surface area (Å²) in [6.45, 7) is 6.33. The lowest BCUT2D eigenvalue weighted by Gasteiger charge is -2.33. The van der Waals surface area contributed by atoms with Crippen LogP contribution in [0.15, 0.2) is 48.5 Å². The van der Waals surface area contributed by atoms with Gasteiger partial charge in [0.2, 0.25) is 0 Å². The zero-order valence-corrected chi connectivity index (χ0v) is 16.1. The van der Waals surface area contributed by atoms with E-state index in [0.717, 1.165) is 13.1 Å². The monoisotopic (exact) mass is 381 g/mol. The third-order valence-electron chi connectivity index (χ3n) is 4.54. The fourth-order valence-corrected chi connectivity index (χ4v) is 3.29. The lowest BCUT2D eigenvalue weighted by atomic mass is 9.81. The number of aliphatic hydroxyl groups is 2. The summed E-state index contributed by atoms with van der Waals surface area (Å²) in [5, 5.41) is 23.3. The minimum atomic E-state index is -1.32. The highest BCUT2D eigenvalue weighted by atomic mass is 35.5. The Morgan fingerprint density at radius 3 is 1.64 bits per heavy atom. The van der Waals surface area contributed by atoms with Crippen molar-refractivity contribution in [1.82, 2.24) is 4.90 Å². The van der Waals surface area contributed by atoms with E-state index < -0.39 is 11.7 Å². The van der Waals surface area contributed by atoms with Gasteiger partial charge in [-0.15, -0.1) is 0 Å². The minimum absolute atomic E-state index is 0.187. The first kappa shape index (κ1) is 20.2. The maximum absolute atomic E-state index is 11.5. The Labute approximate surface area is 159 Å². The topological polar surface area (TPSA) is 43.7 Å². The maximum Gasteiger partial charge on any atom is 0.117 e. The second kappa shape index (κ2) is 9.02. The molecule has 0 spiro atoms. The molecule has 0 radical (unpaired) electrons. The highest BCUT2D eigenvalue weighted by Gasteiger charge is 2.34. The Morgan fingerprint density at radius 1 is 0.880 bits per heavy atom. The van der Waals surface area contributed by atoms with Gasteiger partial charge in [0, 0.05) is 23.0 Å². The summed E-state index contributed by atoms with van der Waals surface area (Å²) in [6, 6.07) is 14.1. The van der Waals surface area contributed by atoms with Crippen LogP contribution < -0.4 is 0 Å². The van der Waals surface area contributed by atoms with Crippen molar-refractivity contribution < 1.29 is 10.2 Å². The van der Waals surface area contributed by atoms with Gasteiger partial charge >= 0.3 is 0 Å². The Kier molecular flexibility index (Phi) is 7.29. The zero-order chi connectivity index (χ0) is 18.4. The molecule has 1 atom stereocenters. The number of benzene rings is 2. The number of aliphatic hydroxyl groups excluding tert-OH is 1. The molecule has 2 aromatic rings. The average molecular weight is 382 g/mol. The number of halogens is 2. The van der Waals surface area contributed by atoms with Crippen molar-refractivity contribution in [2.75, 3.05) is 19.6 Å². The van der Waals surface area contributed by atoms with Crippen LogP contribution in [-0.2, 0) is 5.60 Å². The van der Waals surface area contributed by atoms with Gasteiger partial charge in [-0.1, -0.05) is 61.3 Å². The minimum Gasteiger partial charge on any atom is -0.392 e. The summed E-state index contributed by atoms with van der Waals surface area (Å²) >= 11 is 12.0. The van der Waals surface area contributed by atoms with Crippen LogP contribution in [0.3, 0.4) is 0 Å². The predicted molar refractivity (Wildman–Crippen MR) is 104 cm³/mol. The number of nitrogens with zero attached hydrogens (tertiary/aromatic N) is 1. The molecule has 5 heteroatoms. The Hall–Kier alpha value is -1.10. The van der Waals surface area contributed by atoms with Crippen molar-refractivity contribution in [2.24, 2.45) is 0 Å².